The van der Waals surface area contributed by atoms with E-state index in [2.05, 4.69) is 16.7 Å². The van der Waals surface area contributed by atoms with Crippen LogP contribution in [-0.2, 0) is 4.74 Å². The van der Waals surface area contributed by atoms with E-state index in [1.807, 2.05) is 12.1 Å². The Kier molecular flexibility index (Phi) is 8.56. The molecule has 2 aliphatic rings. The lowest BCUT2D eigenvalue weighted by Gasteiger charge is -2.35. The zero-order chi connectivity index (χ0) is 17.6. The van der Waals surface area contributed by atoms with Crippen molar-refractivity contribution in [2.24, 2.45) is 16.6 Å². The summed E-state index contributed by atoms with van der Waals surface area (Å²) < 4.78 is 18.8. The highest BCUT2D eigenvalue weighted by atomic mass is 127. The molecule has 0 aliphatic carbocycles. The average molecular weight is 476 g/mol. The van der Waals surface area contributed by atoms with Crippen LogP contribution in [0.25, 0.3) is 0 Å². The molecule has 0 spiro atoms. The number of hydrogen-bond donors (Lipinski definition) is 1. The van der Waals surface area contributed by atoms with Crippen LogP contribution in [-0.4, -0.2) is 61.7 Å². The molecule has 1 atom stereocenters. The van der Waals surface area contributed by atoms with E-state index in [9.17, 15) is 4.39 Å². The smallest absolute Gasteiger partial charge is 0.191 e. The van der Waals surface area contributed by atoms with Crippen LogP contribution in [0, 0.1) is 11.7 Å². The minimum absolute atomic E-state index is 0. The summed E-state index contributed by atoms with van der Waals surface area (Å²) in [6.07, 6.45) is 2.34. The first-order valence-electron chi connectivity index (χ1n) is 9.25. The van der Waals surface area contributed by atoms with Gasteiger partial charge in [0.15, 0.2) is 5.96 Å². The van der Waals surface area contributed by atoms with E-state index >= 15 is 0 Å². The number of guanidine groups is 1. The molecule has 1 aromatic carbocycles. The predicted octanol–water partition coefficient (Wildman–Crippen LogP) is 2.86. The van der Waals surface area contributed by atoms with Crippen molar-refractivity contribution < 1.29 is 9.13 Å². The molecule has 2 N–H and O–H groups in total. The monoisotopic (exact) mass is 476 g/mol. The lowest BCUT2D eigenvalue weighted by Crippen LogP contribution is -2.44. The van der Waals surface area contributed by atoms with Crippen LogP contribution < -0.4 is 5.73 Å². The van der Waals surface area contributed by atoms with Crippen molar-refractivity contribution in [3.63, 3.8) is 0 Å². The number of morpholine rings is 1. The van der Waals surface area contributed by atoms with Gasteiger partial charge in [-0.2, -0.15) is 0 Å². The van der Waals surface area contributed by atoms with Crippen LogP contribution in [0.5, 0.6) is 0 Å². The van der Waals surface area contributed by atoms with Gasteiger partial charge in [0.25, 0.3) is 0 Å². The largest absolute Gasteiger partial charge is 0.379 e. The molecular formula is C19H30FIN4O. The second kappa shape index (κ2) is 10.4. The third-order valence-electron chi connectivity index (χ3n) is 5.28. The third kappa shape index (κ3) is 5.79. The topological polar surface area (TPSA) is 54.1 Å². The molecular weight excluding hydrogens is 446 g/mol. The van der Waals surface area contributed by atoms with Crippen LogP contribution in [0.2, 0.25) is 0 Å². The molecule has 0 saturated carbocycles. The van der Waals surface area contributed by atoms with Gasteiger partial charge in [0.1, 0.15) is 5.82 Å². The zero-order valence-electron chi connectivity index (χ0n) is 15.4. The molecule has 146 valence electrons. The standard InChI is InChI=1S/C19H29FN4O.HI/c1-15-6-8-24(9-7-15)19(21)22-14-18(23-10-12-25-13-11-23)16-2-4-17(20)5-3-16;/h2-5,15,18H,6-14H2,1H3,(H2,21,22);1H. The van der Waals surface area contributed by atoms with Crippen LogP contribution in [0.15, 0.2) is 29.3 Å². The molecule has 2 saturated heterocycles. The van der Waals surface area contributed by atoms with E-state index in [0.29, 0.717) is 12.5 Å². The van der Waals surface area contributed by atoms with Gasteiger partial charge in [-0.3, -0.25) is 9.89 Å². The quantitative estimate of drug-likeness (QED) is 0.413. The Morgan fingerprint density at radius 1 is 1.19 bits per heavy atom. The molecule has 3 rings (SSSR count). The van der Waals surface area contributed by atoms with Crippen molar-refractivity contribution in [3.05, 3.63) is 35.6 Å². The van der Waals surface area contributed by atoms with Gasteiger partial charge in [-0.15, -0.1) is 24.0 Å². The van der Waals surface area contributed by atoms with Crippen molar-refractivity contribution in [2.75, 3.05) is 45.9 Å². The van der Waals surface area contributed by atoms with E-state index in [1.165, 1.54) is 25.0 Å². The second-order valence-electron chi connectivity index (χ2n) is 7.08. The highest BCUT2D eigenvalue weighted by molar-refractivity contribution is 14.0. The molecule has 0 amide bonds. The molecule has 0 aromatic heterocycles. The Hall–Kier alpha value is -0.930. The lowest BCUT2D eigenvalue weighted by atomic mass is 10.00. The number of nitrogens with zero attached hydrogens (tertiary/aromatic N) is 3. The summed E-state index contributed by atoms with van der Waals surface area (Å²) in [5.74, 6) is 1.19. The molecule has 0 radical (unpaired) electrons. The molecule has 26 heavy (non-hydrogen) atoms. The fraction of sp³-hybridized carbons (Fsp3) is 0.632. The normalized spacial score (nSPS) is 21.3. The number of likely N-dealkylation sites (tertiary alicyclic amines) is 1. The number of piperidine rings is 1. The molecule has 7 heteroatoms. The van der Waals surface area contributed by atoms with Crippen molar-refractivity contribution >= 4 is 29.9 Å². The SMILES string of the molecule is CC1CCN(C(N)=NCC(c2ccc(F)cc2)N2CCOCC2)CC1.I. The molecule has 2 heterocycles. The van der Waals surface area contributed by atoms with Gasteiger partial charge in [0.05, 0.1) is 25.8 Å². The van der Waals surface area contributed by atoms with Crippen molar-refractivity contribution in [1.82, 2.24) is 9.80 Å². The van der Waals surface area contributed by atoms with Crippen LogP contribution in [0.1, 0.15) is 31.4 Å². The van der Waals surface area contributed by atoms with Crippen LogP contribution in [0.3, 0.4) is 0 Å². The van der Waals surface area contributed by atoms with Crippen molar-refractivity contribution in [1.29, 1.82) is 0 Å². The van der Waals surface area contributed by atoms with Crippen molar-refractivity contribution in [3.8, 4) is 0 Å². The lowest BCUT2D eigenvalue weighted by molar-refractivity contribution is 0.0179. The molecule has 5 nitrogen and oxygen atoms in total. The summed E-state index contributed by atoms with van der Waals surface area (Å²) in [7, 11) is 0. The Balaban J connectivity index is 0.00000243. The molecule has 1 aromatic rings. The highest BCUT2D eigenvalue weighted by Gasteiger charge is 2.23. The van der Waals surface area contributed by atoms with Gasteiger partial charge in [-0.1, -0.05) is 19.1 Å². The highest BCUT2D eigenvalue weighted by Crippen LogP contribution is 2.23. The number of ether oxygens (including phenoxy) is 1. The molecule has 2 fully saturated rings. The number of nitrogens with two attached hydrogens (primary N) is 1. The first-order chi connectivity index (χ1) is 12.1. The van der Waals surface area contributed by atoms with Gasteiger partial charge >= 0.3 is 0 Å². The summed E-state index contributed by atoms with van der Waals surface area (Å²) in [5, 5.41) is 0. The fourth-order valence-corrected chi connectivity index (χ4v) is 3.52. The Labute approximate surface area is 172 Å². The Morgan fingerprint density at radius 2 is 1.81 bits per heavy atom. The minimum Gasteiger partial charge on any atom is -0.379 e. The summed E-state index contributed by atoms with van der Waals surface area (Å²) in [6, 6.07) is 6.84. The minimum atomic E-state index is -0.213. The maximum atomic E-state index is 13.3. The van der Waals surface area contributed by atoms with Gasteiger partial charge in [-0.25, -0.2) is 4.39 Å². The van der Waals surface area contributed by atoms with E-state index in [4.69, 9.17) is 15.5 Å². The van der Waals surface area contributed by atoms with Gasteiger partial charge in [-0.05, 0) is 36.5 Å². The summed E-state index contributed by atoms with van der Waals surface area (Å²) in [6.45, 7) is 8.00. The Morgan fingerprint density at radius 3 is 2.42 bits per heavy atom. The molecule has 1 unspecified atom stereocenters. The van der Waals surface area contributed by atoms with Crippen LogP contribution >= 0.6 is 24.0 Å². The number of benzene rings is 1. The van der Waals surface area contributed by atoms with Crippen LogP contribution in [0.4, 0.5) is 4.39 Å². The van der Waals surface area contributed by atoms with E-state index in [1.54, 1.807) is 0 Å². The van der Waals surface area contributed by atoms with Crippen molar-refractivity contribution in [2.45, 2.75) is 25.8 Å². The number of halogens is 2. The first kappa shape index (κ1) is 21.4. The van der Waals surface area contributed by atoms with Gasteiger partial charge in [0.2, 0.25) is 0 Å². The number of hydrogen-bond acceptors (Lipinski definition) is 3. The fourth-order valence-electron chi connectivity index (χ4n) is 3.52. The maximum absolute atomic E-state index is 13.3. The second-order valence-corrected chi connectivity index (χ2v) is 7.08. The first-order valence-corrected chi connectivity index (χ1v) is 9.25. The van der Waals surface area contributed by atoms with E-state index in [-0.39, 0.29) is 35.8 Å². The average Bonchev–Trinajstić information content (AvgIpc) is 2.64. The van der Waals surface area contributed by atoms with E-state index in [0.717, 1.165) is 50.9 Å². The molecule has 0 bridgehead atoms. The van der Waals surface area contributed by atoms with Gasteiger partial charge in [0, 0.05) is 26.2 Å². The van der Waals surface area contributed by atoms with E-state index < -0.39 is 0 Å². The summed E-state index contributed by atoms with van der Waals surface area (Å²) >= 11 is 0. The van der Waals surface area contributed by atoms with Gasteiger partial charge < -0.3 is 15.4 Å². The summed E-state index contributed by atoms with van der Waals surface area (Å²) in [4.78, 5) is 9.23. The zero-order valence-corrected chi connectivity index (χ0v) is 17.8. The third-order valence-corrected chi connectivity index (χ3v) is 5.28. The number of aliphatic imine (C=N–C) groups is 1. The molecule has 2 aliphatic heterocycles. The Bertz CT molecular complexity index is 569. The maximum Gasteiger partial charge on any atom is 0.191 e. The number of rotatable bonds is 4. The summed E-state index contributed by atoms with van der Waals surface area (Å²) in [5.41, 5.74) is 7.32. The predicted molar refractivity (Wildman–Crippen MR) is 113 cm³/mol.